The molecule has 2 atom stereocenters. The first kappa shape index (κ1) is 54.9. The van der Waals surface area contributed by atoms with Gasteiger partial charge in [0.2, 0.25) is 0 Å². The van der Waals surface area contributed by atoms with Gasteiger partial charge in [0, 0.05) is 18.9 Å². The molecule has 48 heavy (non-hydrogen) atoms. The Kier molecular flexibility index (Phi) is 43.0. The fraction of sp³-hybridized carbons (Fsp3) is 0.500. The number of carboxylic acids is 9. The highest BCUT2D eigenvalue weighted by Gasteiger charge is 2.23. The topological polar surface area (TPSA) is 336 Å². The molecular weight excluding hydrogens is 648 g/mol. The van der Waals surface area contributed by atoms with Crippen LogP contribution in [0.4, 0.5) is 0 Å². The van der Waals surface area contributed by atoms with Gasteiger partial charge in [0.1, 0.15) is 0 Å². The molecule has 9 N–H and O–H groups in total. The molecule has 0 fully saturated rings. The number of hydrogen-bond acceptors (Lipinski definition) is 9. The third kappa shape index (κ3) is 56.3. The molecule has 0 aliphatic heterocycles. The third-order valence-electron chi connectivity index (χ3n) is 4.71. The summed E-state index contributed by atoms with van der Waals surface area (Å²) >= 11 is 0. The zero-order chi connectivity index (χ0) is 39.4. The van der Waals surface area contributed by atoms with Gasteiger partial charge in [-0.05, 0) is 25.7 Å². The lowest BCUT2D eigenvalue weighted by molar-refractivity contribution is -0.155. The second-order valence-corrected chi connectivity index (χ2v) is 8.88. The van der Waals surface area contributed by atoms with Crippen molar-refractivity contribution >= 4 is 53.7 Å². The molecule has 0 bridgehead atoms. The molecule has 0 saturated carbocycles. The van der Waals surface area contributed by atoms with Crippen molar-refractivity contribution in [1.29, 1.82) is 0 Å². The van der Waals surface area contributed by atoms with Crippen LogP contribution in [0.15, 0.2) is 38.0 Å². The molecule has 18 heteroatoms. The van der Waals surface area contributed by atoms with Crippen molar-refractivity contribution in [3.05, 3.63) is 38.0 Å². The molecule has 0 spiro atoms. The average Bonchev–Trinajstić information content (AvgIpc) is 2.97. The van der Waals surface area contributed by atoms with Gasteiger partial charge in [0.05, 0.1) is 24.7 Å². The number of aliphatic carboxylic acids is 9. The molecule has 0 radical (unpaired) electrons. The molecule has 0 aromatic heterocycles. The van der Waals surface area contributed by atoms with Crippen LogP contribution in [0.3, 0.4) is 0 Å². The molecule has 0 aromatic rings. The Morgan fingerprint density at radius 3 is 1.15 bits per heavy atom. The van der Waals surface area contributed by atoms with Crippen molar-refractivity contribution in [2.45, 2.75) is 78.6 Å². The molecular formula is C30H48O18. The van der Waals surface area contributed by atoms with Crippen LogP contribution in [0.5, 0.6) is 0 Å². The Morgan fingerprint density at radius 1 is 0.583 bits per heavy atom. The van der Waals surface area contributed by atoms with Crippen LogP contribution >= 0.6 is 0 Å². The van der Waals surface area contributed by atoms with E-state index in [4.69, 9.17) is 46.0 Å². The van der Waals surface area contributed by atoms with Crippen molar-refractivity contribution in [1.82, 2.24) is 0 Å². The highest BCUT2D eigenvalue weighted by Crippen LogP contribution is 2.07. The zero-order valence-electron chi connectivity index (χ0n) is 27.1. The van der Waals surface area contributed by atoms with Gasteiger partial charge < -0.3 is 46.0 Å². The second kappa shape index (κ2) is 37.6. The lowest BCUT2D eigenvalue weighted by Crippen LogP contribution is -2.22. The van der Waals surface area contributed by atoms with Gasteiger partial charge in [-0.25, -0.2) is 4.79 Å². The average molecular weight is 697 g/mol. The lowest BCUT2D eigenvalue weighted by Gasteiger charge is -2.03. The number of allylic oxidation sites excluding steroid dienone is 1. The molecule has 276 valence electrons. The summed E-state index contributed by atoms with van der Waals surface area (Å²) in [6, 6.07) is 0. The van der Waals surface area contributed by atoms with Crippen LogP contribution in [0.2, 0.25) is 0 Å². The molecule has 0 amide bonds. The van der Waals surface area contributed by atoms with E-state index in [0.29, 0.717) is 19.3 Å². The van der Waals surface area contributed by atoms with Crippen LogP contribution < -0.4 is 0 Å². The summed E-state index contributed by atoms with van der Waals surface area (Å²) in [5.74, 6) is -11.6. The molecule has 0 heterocycles. The van der Waals surface area contributed by atoms with E-state index in [9.17, 15) is 43.2 Å². The van der Waals surface area contributed by atoms with E-state index >= 15 is 0 Å². The molecule has 18 nitrogen and oxygen atoms in total. The Labute approximate surface area is 277 Å². The number of rotatable bonds is 18. The van der Waals surface area contributed by atoms with Crippen molar-refractivity contribution in [2.75, 3.05) is 0 Å². The SMILES string of the molecule is C=CC(=O)O.C=CCC(=O)O.C=CCCC(=O)O.CC(CCC(=O)O)C(=O)O.CCC(CC(=O)O)C(=O)O.CCCC(C(=O)O)C(=O)O. The minimum Gasteiger partial charge on any atom is -0.481 e. The minimum atomic E-state index is -1.26. The quantitative estimate of drug-likeness (QED) is 0.0560. The predicted molar refractivity (Wildman–Crippen MR) is 168 cm³/mol. The largest absolute Gasteiger partial charge is 0.481 e. The van der Waals surface area contributed by atoms with Gasteiger partial charge in [-0.3, -0.25) is 38.4 Å². The predicted octanol–water partition coefficient (Wildman–Crippen LogP) is 3.66. The number of hydrogen-bond donors (Lipinski definition) is 9. The van der Waals surface area contributed by atoms with Gasteiger partial charge in [0.25, 0.3) is 0 Å². The van der Waals surface area contributed by atoms with Gasteiger partial charge in [-0.15, -0.1) is 13.2 Å². The fourth-order valence-electron chi connectivity index (χ4n) is 2.07. The van der Waals surface area contributed by atoms with E-state index in [-0.39, 0.29) is 38.5 Å². The highest BCUT2D eigenvalue weighted by molar-refractivity contribution is 5.92. The van der Waals surface area contributed by atoms with Gasteiger partial charge in [-0.2, -0.15) is 0 Å². The summed E-state index contributed by atoms with van der Waals surface area (Å²) in [4.78, 5) is 89.1. The summed E-state index contributed by atoms with van der Waals surface area (Å²) in [6.45, 7) is 14.4. The van der Waals surface area contributed by atoms with E-state index in [0.717, 1.165) is 6.08 Å². The van der Waals surface area contributed by atoms with Crippen LogP contribution in [0.25, 0.3) is 0 Å². The van der Waals surface area contributed by atoms with E-state index in [1.165, 1.54) is 13.0 Å². The Morgan fingerprint density at radius 2 is 1.02 bits per heavy atom. The van der Waals surface area contributed by atoms with Crippen molar-refractivity contribution in [3.8, 4) is 0 Å². The molecule has 0 aliphatic rings. The standard InChI is InChI=1S/3C6H10O4.C5H8O2.C4H6O2.C3H4O2/c1-4(6(9)10)2-3-5(7)8;1-2-4(6(9)10)3-5(7)8;1-2-3-4(5(7)8)6(9)10;1-2-3-4-5(6)7;1-2-3-4(5)6;1-2-3(4)5/h3*4H,2-3H2,1H3,(H,7,8)(H,9,10);2H,1,3-4H2,(H,6,7);2H,1,3H2,(H,5,6);2H,1H2,(H,4,5). The highest BCUT2D eigenvalue weighted by atomic mass is 16.4. The maximum Gasteiger partial charge on any atom is 0.327 e. The fourth-order valence-corrected chi connectivity index (χ4v) is 2.07. The third-order valence-corrected chi connectivity index (χ3v) is 4.71. The maximum absolute atomic E-state index is 10.2. The minimum absolute atomic E-state index is 0.0556. The molecule has 0 aliphatic carbocycles. The molecule has 0 aromatic carbocycles. The van der Waals surface area contributed by atoms with Crippen molar-refractivity contribution in [2.24, 2.45) is 17.8 Å². The van der Waals surface area contributed by atoms with E-state index < -0.39 is 71.5 Å². The van der Waals surface area contributed by atoms with Crippen LogP contribution in [0, 0.1) is 17.8 Å². The molecule has 0 rings (SSSR count). The summed E-state index contributed by atoms with van der Waals surface area (Å²) in [5, 5.41) is 73.0. The van der Waals surface area contributed by atoms with Crippen LogP contribution in [0.1, 0.15) is 78.6 Å². The maximum atomic E-state index is 10.2. The Balaban J connectivity index is -0.000000112. The second-order valence-electron chi connectivity index (χ2n) is 8.88. The Hall–Kier alpha value is -5.55. The molecule has 2 unspecified atom stereocenters. The first-order valence-electron chi connectivity index (χ1n) is 13.9. The Bertz CT molecular complexity index is 1020. The normalized spacial score (nSPS) is 10.0. The van der Waals surface area contributed by atoms with Gasteiger partial charge in [-0.1, -0.05) is 45.9 Å². The summed E-state index contributed by atoms with van der Waals surface area (Å²) < 4.78 is 0. The van der Waals surface area contributed by atoms with E-state index in [1.54, 1.807) is 19.9 Å². The monoisotopic (exact) mass is 696 g/mol. The number of carbonyl (C=O) groups is 9. The first-order valence-corrected chi connectivity index (χ1v) is 13.9. The van der Waals surface area contributed by atoms with Gasteiger partial charge >= 0.3 is 53.7 Å². The molecule has 0 saturated heterocycles. The first-order chi connectivity index (χ1) is 22.0. The van der Waals surface area contributed by atoms with Gasteiger partial charge in [0.15, 0.2) is 5.92 Å². The zero-order valence-corrected chi connectivity index (χ0v) is 27.1. The summed E-state index contributed by atoms with van der Waals surface area (Å²) in [6.07, 6.45) is 5.56. The van der Waals surface area contributed by atoms with Crippen LogP contribution in [-0.4, -0.2) is 99.7 Å². The van der Waals surface area contributed by atoms with E-state index in [2.05, 4.69) is 19.7 Å². The van der Waals surface area contributed by atoms with Crippen molar-refractivity contribution < 1.29 is 89.1 Å². The lowest BCUT2D eigenvalue weighted by atomic mass is 10.0. The smallest absolute Gasteiger partial charge is 0.327 e. The number of carboxylic acid groups (broad SMARTS) is 9. The van der Waals surface area contributed by atoms with E-state index in [1.807, 2.05) is 0 Å². The van der Waals surface area contributed by atoms with Crippen LogP contribution in [-0.2, 0) is 43.2 Å². The van der Waals surface area contributed by atoms with Crippen molar-refractivity contribution in [3.63, 3.8) is 0 Å². The summed E-state index contributed by atoms with van der Waals surface area (Å²) in [5.41, 5.74) is 0. The summed E-state index contributed by atoms with van der Waals surface area (Å²) in [7, 11) is 0.